The number of aliphatic hydroxyl groups excluding tert-OH is 1. The molecule has 1 aliphatic rings. The molecule has 44 heavy (non-hydrogen) atoms. The highest BCUT2D eigenvalue weighted by Gasteiger charge is 2.42. The molecule has 0 saturated carbocycles. The van der Waals surface area contributed by atoms with E-state index < -0.39 is 23.8 Å². The maximum absolute atomic E-state index is 13.4. The van der Waals surface area contributed by atoms with E-state index in [2.05, 4.69) is 4.98 Å². The van der Waals surface area contributed by atoms with Crippen LogP contribution >= 0.6 is 0 Å². The number of aliphatic hydroxyl groups is 1. The fourth-order valence-electron chi connectivity index (χ4n) is 5.86. The molecule has 0 unspecified atom stereocenters. The number of benzene rings is 3. The van der Waals surface area contributed by atoms with E-state index in [1.54, 1.807) is 54.2 Å². The van der Waals surface area contributed by atoms with Crippen molar-refractivity contribution in [3.8, 4) is 0 Å². The Labute approximate surface area is 257 Å². The van der Waals surface area contributed by atoms with Crippen molar-refractivity contribution in [3.63, 3.8) is 0 Å². The quantitative estimate of drug-likeness (QED) is 0.313. The lowest BCUT2D eigenvalue weighted by atomic mass is 10.0. The van der Waals surface area contributed by atoms with Crippen molar-refractivity contribution in [2.24, 2.45) is 7.05 Å². The van der Waals surface area contributed by atoms with Gasteiger partial charge in [0.15, 0.2) is 0 Å². The zero-order chi connectivity index (χ0) is 31.6. The number of amides is 2. The van der Waals surface area contributed by atoms with Gasteiger partial charge < -0.3 is 14.7 Å². The van der Waals surface area contributed by atoms with Crippen LogP contribution in [-0.4, -0.2) is 61.2 Å². The van der Waals surface area contributed by atoms with Crippen LogP contribution in [0.15, 0.2) is 83.7 Å². The van der Waals surface area contributed by atoms with Gasteiger partial charge in [-0.2, -0.15) is 0 Å². The predicted molar refractivity (Wildman–Crippen MR) is 169 cm³/mol. The molecule has 2 heterocycles. The minimum atomic E-state index is -0.833. The van der Waals surface area contributed by atoms with Gasteiger partial charge in [-0.25, -0.2) is 9.78 Å². The number of para-hydroxylation sites is 1. The van der Waals surface area contributed by atoms with E-state index in [0.717, 1.165) is 11.1 Å². The maximum atomic E-state index is 13.4. The van der Waals surface area contributed by atoms with Crippen molar-refractivity contribution in [1.82, 2.24) is 19.4 Å². The standard InChI is InChI=1S/C35H40N4O5/c1-35(2,3)44-34(43)39-26(19-20-29(39)31(40)24-11-7-6-8-12-24)21-23-15-17-25(18-16-23)32(41)37(4)22-30-36-28-14-10-9-13-27(28)33(42)38(30)5/h6-18,26,29,31,40H,19-22H2,1-5H3/t26-,29+,31+/m0/s1. The van der Waals surface area contributed by atoms with Crippen LogP contribution in [0.5, 0.6) is 0 Å². The summed E-state index contributed by atoms with van der Waals surface area (Å²) in [5.41, 5.74) is 2.02. The fourth-order valence-corrected chi connectivity index (χ4v) is 5.86. The third kappa shape index (κ3) is 6.68. The molecule has 1 aliphatic heterocycles. The second kappa shape index (κ2) is 12.6. The molecule has 9 heteroatoms. The Kier molecular flexibility index (Phi) is 8.87. The molecule has 3 atom stereocenters. The van der Waals surface area contributed by atoms with Crippen LogP contribution in [0.1, 0.15) is 67.0 Å². The summed E-state index contributed by atoms with van der Waals surface area (Å²) >= 11 is 0. The lowest BCUT2D eigenvalue weighted by molar-refractivity contribution is -0.00453. The van der Waals surface area contributed by atoms with Crippen molar-refractivity contribution in [1.29, 1.82) is 0 Å². The van der Waals surface area contributed by atoms with Crippen LogP contribution in [0.3, 0.4) is 0 Å². The summed E-state index contributed by atoms with van der Waals surface area (Å²) in [5.74, 6) is 0.304. The second-order valence-electron chi connectivity index (χ2n) is 12.5. The lowest BCUT2D eigenvalue weighted by Crippen LogP contribution is -2.47. The molecule has 1 fully saturated rings. The average molecular weight is 597 g/mol. The summed E-state index contributed by atoms with van der Waals surface area (Å²) < 4.78 is 7.25. The molecular formula is C35H40N4O5. The zero-order valence-electron chi connectivity index (χ0n) is 25.9. The zero-order valence-corrected chi connectivity index (χ0v) is 25.9. The average Bonchev–Trinajstić information content (AvgIpc) is 3.42. The van der Waals surface area contributed by atoms with E-state index in [-0.39, 0.29) is 24.1 Å². The Morgan fingerprint density at radius 1 is 1.00 bits per heavy atom. The number of nitrogens with zero attached hydrogens (tertiary/aromatic N) is 4. The van der Waals surface area contributed by atoms with E-state index in [1.807, 2.05) is 69.3 Å². The van der Waals surface area contributed by atoms with E-state index in [0.29, 0.717) is 41.6 Å². The van der Waals surface area contributed by atoms with Crippen LogP contribution in [-0.2, 0) is 24.8 Å². The number of carbonyl (C=O) groups is 2. The number of hydrogen-bond donors (Lipinski definition) is 1. The van der Waals surface area contributed by atoms with Gasteiger partial charge in [0.2, 0.25) is 0 Å². The molecule has 4 aromatic rings. The van der Waals surface area contributed by atoms with Crippen LogP contribution in [0, 0.1) is 0 Å². The van der Waals surface area contributed by atoms with Crippen molar-refractivity contribution >= 4 is 22.9 Å². The van der Waals surface area contributed by atoms with Crippen molar-refractivity contribution in [2.45, 2.75) is 70.4 Å². The van der Waals surface area contributed by atoms with Gasteiger partial charge in [-0.3, -0.25) is 19.1 Å². The van der Waals surface area contributed by atoms with Gasteiger partial charge in [-0.1, -0.05) is 54.6 Å². The van der Waals surface area contributed by atoms with E-state index in [9.17, 15) is 19.5 Å². The van der Waals surface area contributed by atoms with Gasteiger partial charge in [0.25, 0.3) is 11.5 Å². The van der Waals surface area contributed by atoms with Crippen LogP contribution in [0.4, 0.5) is 4.79 Å². The summed E-state index contributed by atoms with van der Waals surface area (Å²) in [6.45, 7) is 5.68. The highest BCUT2D eigenvalue weighted by atomic mass is 16.6. The lowest BCUT2D eigenvalue weighted by Gasteiger charge is -2.35. The summed E-state index contributed by atoms with van der Waals surface area (Å²) in [5, 5.41) is 11.8. The molecule has 2 amide bonds. The molecule has 1 saturated heterocycles. The summed E-state index contributed by atoms with van der Waals surface area (Å²) in [6.07, 6.45) is 0.650. The smallest absolute Gasteiger partial charge is 0.410 e. The van der Waals surface area contributed by atoms with Gasteiger partial charge in [0.05, 0.1) is 29.6 Å². The number of carbonyl (C=O) groups excluding carboxylic acids is 2. The Bertz CT molecular complexity index is 1690. The van der Waals surface area contributed by atoms with Crippen molar-refractivity contribution < 1.29 is 19.4 Å². The summed E-state index contributed by atoms with van der Waals surface area (Å²) in [6, 6.07) is 23.4. The SMILES string of the molecule is CN(Cc1nc2ccccc2c(=O)n1C)C(=O)c1ccc(C[C@@H]2CC[C@H]([C@H](O)c3ccccc3)N2C(=O)OC(C)(C)C)cc1. The minimum absolute atomic E-state index is 0.151. The van der Waals surface area contributed by atoms with E-state index >= 15 is 0 Å². The number of likely N-dealkylation sites (tertiary alicyclic amines) is 1. The highest BCUT2D eigenvalue weighted by Crippen LogP contribution is 2.36. The normalized spacial score (nSPS) is 17.5. The summed E-state index contributed by atoms with van der Waals surface area (Å²) in [4.78, 5) is 47.4. The van der Waals surface area contributed by atoms with E-state index in [1.165, 1.54) is 4.57 Å². The van der Waals surface area contributed by atoms with Crippen LogP contribution in [0.25, 0.3) is 10.9 Å². The molecule has 1 N–H and O–H groups in total. The monoisotopic (exact) mass is 596 g/mol. The molecule has 0 radical (unpaired) electrons. The topological polar surface area (TPSA) is 105 Å². The molecule has 230 valence electrons. The highest BCUT2D eigenvalue weighted by molar-refractivity contribution is 5.94. The maximum Gasteiger partial charge on any atom is 0.410 e. The Morgan fingerprint density at radius 3 is 2.34 bits per heavy atom. The van der Waals surface area contributed by atoms with Gasteiger partial charge in [0.1, 0.15) is 11.4 Å². The number of hydrogen-bond acceptors (Lipinski definition) is 6. The molecular weight excluding hydrogens is 556 g/mol. The van der Waals surface area contributed by atoms with Crippen LogP contribution < -0.4 is 5.56 Å². The first-order valence-electron chi connectivity index (χ1n) is 15.0. The third-order valence-corrected chi connectivity index (χ3v) is 8.13. The molecule has 0 spiro atoms. The summed E-state index contributed by atoms with van der Waals surface area (Å²) in [7, 11) is 3.35. The number of fused-ring (bicyclic) bond motifs is 1. The molecule has 5 rings (SSSR count). The molecule has 9 nitrogen and oxygen atoms in total. The molecule has 1 aromatic heterocycles. The predicted octanol–water partition coefficient (Wildman–Crippen LogP) is 5.25. The first-order chi connectivity index (χ1) is 20.9. The van der Waals surface area contributed by atoms with Crippen molar-refractivity contribution in [2.75, 3.05) is 7.05 Å². The first-order valence-corrected chi connectivity index (χ1v) is 15.0. The third-order valence-electron chi connectivity index (χ3n) is 8.13. The number of rotatable bonds is 7. The number of aromatic nitrogens is 2. The Balaban J connectivity index is 1.30. The van der Waals surface area contributed by atoms with Crippen LogP contribution in [0.2, 0.25) is 0 Å². The van der Waals surface area contributed by atoms with Gasteiger partial charge in [0, 0.05) is 25.7 Å². The Hall–Kier alpha value is -4.50. The Morgan fingerprint density at radius 2 is 1.66 bits per heavy atom. The van der Waals surface area contributed by atoms with Gasteiger partial charge in [-0.15, -0.1) is 0 Å². The minimum Gasteiger partial charge on any atom is -0.444 e. The second-order valence-corrected chi connectivity index (χ2v) is 12.5. The molecule has 3 aromatic carbocycles. The van der Waals surface area contributed by atoms with Gasteiger partial charge >= 0.3 is 6.09 Å². The van der Waals surface area contributed by atoms with E-state index in [4.69, 9.17) is 4.74 Å². The van der Waals surface area contributed by atoms with Gasteiger partial charge in [-0.05, 0) is 75.4 Å². The molecule has 0 bridgehead atoms. The largest absolute Gasteiger partial charge is 0.444 e. The molecule has 0 aliphatic carbocycles. The number of ether oxygens (including phenoxy) is 1. The first kappa shape index (κ1) is 30.9. The van der Waals surface area contributed by atoms with Crippen molar-refractivity contribution in [3.05, 3.63) is 112 Å². The fraction of sp³-hybridized carbons (Fsp3) is 0.371.